The van der Waals surface area contributed by atoms with Gasteiger partial charge in [0, 0.05) is 16.0 Å². The molecule has 0 atom stereocenters. The zero-order valence-electron chi connectivity index (χ0n) is 8.32. The summed E-state index contributed by atoms with van der Waals surface area (Å²) < 4.78 is 0. The van der Waals surface area contributed by atoms with E-state index in [-0.39, 0.29) is 5.54 Å². The molecule has 4 bridgehead atoms. The minimum absolute atomic E-state index is 0.124. The van der Waals surface area contributed by atoms with Gasteiger partial charge in [-0.2, -0.15) is 0 Å². The Morgan fingerprint density at radius 3 is 1.57 bits per heavy atom. The van der Waals surface area contributed by atoms with Gasteiger partial charge in [-0.05, 0) is 55.9 Å². The van der Waals surface area contributed by atoms with Crippen LogP contribution >= 0.6 is 0 Å². The molecule has 0 heterocycles. The van der Waals surface area contributed by atoms with Crippen LogP contribution in [0.4, 0.5) is 0 Å². The van der Waals surface area contributed by atoms with E-state index < -0.39 is 0 Å². The van der Waals surface area contributed by atoms with E-state index in [0.717, 1.165) is 31.1 Å². The molecule has 0 aliphatic heterocycles. The number of azide groups is 1. The molecule has 6 rings (SSSR count). The van der Waals surface area contributed by atoms with Crippen LogP contribution in [-0.4, -0.2) is 11.1 Å². The fourth-order valence-corrected chi connectivity index (χ4v) is 3.20. The predicted octanol–water partition coefficient (Wildman–Crippen LogP) is 2.35. The highest BCUT2D eigenvalue weighted by Gasteiger charge is 2.56. The van der Waals surface area contributed by atoms with E-state index >= 15 is 0 Å². The van der Waals surface area contributed by atoms with Gasteiger partial charge >= 0.3 is 0 Å². The maximum atomic E-state index is 8.05. The van der Waals surface area contributed by atoms with E-state index in [1.54, 1.807) is 0 Å². The number of hydrogen-bond donors (Lipinski definition) is 1. The molecule has 6 aliphatic rings. The second-order valence-electron chi connectivity index (χ2n) is 5.73. The Morgan fingerprint density at radius 1 is 1.07 bits per heavy atom. The largest absolute Gasteiger partial charge is 0.325 e. The van der Waals surface area contributed by atoms with Crippen LogP contribution in [0.3, 0.4) is 0 Å². The smallest absolute Gasteiger partial charge is 0.0496 e. The summed E-state index contributed by atoms with van der Waals surface area (Å²) in [5.74, 6) is 1.97. The average Bonchev–Trinajstić information content (AvgIpc) is 1.89. The topological polar surface area (TPSA) is 74.8 Å². The van der Waals surface area contributed by atoms with Crippen molar-refractivity contribution in [1.82, 2.24) is 0 Å². The summed E-state index contributed by atoms with van der Waals surface area (Å²) in [5.41, 5.74) is 14.2. The van der Waals surface area contributed by atoms with Crippen LogP contribution in [0.15, 0.2) is 5.11 Å². The SMILES string of the molecule is NC12CC(C1)C2.[N-]=[N+]=NC12CC(C1)C2. The second-order valence-corrected chi connectivity index (χ2v) is 5.73. The van der Waals surface area contributed by atoms with Gasteiger partial charge in [0.15, 0.2) is 0 Å². The van der Waals surface area contributed by atoms with Crippen molar-refractivity contribution in [3.05, 3.63) is 10.4 Å². The Balaban J connectivity index is 0.0000000950. The lowest BCUT2D eigenvalue weighted by Gasteiger charge is -2.59. The summed E-state index contributed by atoms with van der Waals surface area (Å²) >= 11 is 0. The molecule has 76 valence electrons. The summed E-state index contributed by atoms with van der Waals surface area (Å²) in [5, 5.41) is 3.71. The zero-order chi connectivity index (χ0) is 9.81. The number of rotatable bonds is 1. The average molecular weight is 192 g/mol. The first kappa shape index (κ1) is 8.57. The molecule has 0 aromatic rings. The van der Waals surface area contributed by atoms with Crippen LogP contribution in [0.25, 0.3) is 10.4 Å². The molecule has 0 aromatic carbocycles. The van der Waals surface area contributed by atoms with Crippen LogP contribution in [0.1, 0.15) is 38.5 Å². The maximum absolute atomic E-state index is 8.05. The van der Waals surface area contributed by atoms with Gasteiger partial charge in [0.2, 0.25) is 0 Å². The Bertz CT molecular complexity index is 284. The van der Waals surface area contributed by atoms with Gasteiger partial charge in [-0.3, -0.25) is 0 Å². The third kappa shape index (κ3) is 1.07. The molecule has 6 fully saturated rings. The predicted molar refractivity (Wildman–Crippen MR) is 53.5 cm³/mol. The molecule has 6 aliphatic carbocycles. The Labute approximate surface area is 83.5 Å². The lowest BCUT2D eigenvalue weighted by atomic mass is 9.50. The van der Waals surface area contributed by atoms with Crippen LogP contribution in [0, 0.1) is 11.8 Å². The fraction of sp³-hybridized carbons (Fsp3) is 1.00. The molecular formula is C10H16N4. The highest BCUT2D eigenvalue weighted by molar-refractivity contribution is 5.14. The molecule has 0 saturated heterocycles. The summed E-state index contributed by atoms with van der Waals surface area (Å²) in [4.78, 5) is 2.79. The van der Waals surface area contributed by atoms with E-state index in [4.69, 9.17) is 11.3 Å². The number of nitrogens with zero attached hydrogens (tertiary/aromatic N) is 3. The van der Waals surface area contributed by atoms with Crippen molar-refractivity contribution in [3.8, 4) is 0 Å². The quantitative estimate of drug-likeness (QED) is 0.386. The normalized spacial score (nSPS) is 54.4. The molecule has 0 aromatic heterocycles. The monoisotopic (exact) mass is 192 g/mol. The molecule has 0 amide bonds. The highest BCUT2D eigenvalue weighted by Crippen LogP contribution is 2.59. The zero-order valence-corrected chi connectivity index (χ0v) is 8.32. The maximum Gasteiger partial charge on any atom is 0.0496 e. The van der Waals surface area contributed by atoms with Crippen molar-refractivity contribution in [2.24, 2.45) is 22.7 Å². The number of hydrogen-bond acceptors (Lipinski definition) is 2. The van der Waals surface area contributed by atoms with Gasteiger partial charge < -0.3 is 5.73 Å². The molecule has 2 N–H and O–H groups in total. The van der Waals surface area contributed by atoms with Crippen LogP contribution in [-0.2, 0) is 0 Å². The second kappa shape index (κ2) is 2.44. The highest BCUT2D eigenvalue weighted by atomic mass is 15.2. The summed E-state index contributed by atoms with van der Waals surface area (Å²) in [6.07, 6.45) is 7.47. The molecule has 14 heavy (non-hydrogen) atoms. The summed E-state index contributed by atoms with van der Waals surface area (Å²) in [7, 11) is 0. The van der Waals surface area contributed by atoms with Crippen LogP contribution in [0.2, 0.25) is 0 Å². The van der Waals surface area contributed by atoms with Crippen LogP contribution in [0.5, 0.6) is 0 Å². The van der Waals surface area contributed by atoms with E-state index in [1.165, 1.54) is 19.3 Å². The van der Waals surface area contributed by atoms with Gasteiger partial charge in [-0.15, -0.1) is 0 Å². The van der Waals surface area contributed by atoms with Gasteiger partial charge in [-0.25, -0.2) is 0 Å². The third-order valence-electron chi connectivity index (χ3n) is 4.35. The Hall–Kier alpha value is -0.730. The molecule has 6 saturated carbocycles. The lowest BCUT2D eigenvalue weighted by molar-refractivity contribution is -0.0170. The third-order valence-corrected chi connectivity index (χ3v) is 4.35. The minimum atomic E-state index is 0.124. The van der Waals surface area contributed by atoms with Crippen molar-refractivity contribution in [2.75, 3.05) is 0 Å². The Morgan fingerprint density at radius 2 is 1.50 bits per heavy atom. The minimum Gasteiger partial charge on any atom is -0.325 e. The van der Waals surface area contributed by atoms with E-state index in [2.05, 4.69) is 10.0 Å². The fourth-order valence-electron chi connectivity index (χ4n) is 3.20. The molecule has 0 radical (unpaired) electrons. The molecule has 0 unspecified atom stereocenters. The first-order valence-corrected chi connectivity index (χ1v) is 5.48. The molecule has 0 spiro atoms. The Kier molecular flexibility index (Phi) is 1.49. The molecular weight excluding hydrogens is 176 g/mol. The first-order valence-electron chi connectivity index (χ1n) is 5.48. The van der Waals surface area contributed by atoms with Gasteiger partial charge in [0.1, 0.15) is 0 Å². The lowest BCUT2D eigenvalue weighted by Crippen LogP contribution is -2.64. The summed E-state index contributed by atoms with van der Waals surface area (Å²) in [6.45, 7) is 0. The van der Waals surface area contributed by atoms with Gasteiger partial charge in [-0.1, -0.05) is 5.11 Å². The van der Waals surface area contributed by atoms with E-state index in [1.807, 2.05) is 0 Å². The van der Waals surface area contributed by atoms with Gasteiger partial charge in [0.05, 0.1) is 0 Å². The standard InChI is InChI=1S/C5H7N3.C5H9N/c6-8-7-5-1-4(2-5)3-5;6-5-1-4(2-5)3-5/h4H,1-3H2;4H,1-3,6H2. The molecule has 4 heteroatoms. The van der Waals surface area contributed by atoms with E-state index in [0.29, 0.717) is 5.54 Å². The van der Waals surface area contributed by atoms with Crippen molar-refractivity contribution in [2.45, 2.75) is 49.6 Å². The van der Waals surface area contributed by atoms with Crippen molar-refractivity contribution in [1.29, 1.82) is 0 Å². The first-order chi connectivity index (χ1) is 6.63. The summed E-state index contributed by atoms with van der Waals surface area (Å²) in [6, 6.07) is 0. The van der Waals surface area contributed by atoms with Crippen molar-refractivity contribution in [3.63, 3.8) is 0 Å². The number of nitrogens with two attached hydrogens (primary N) is 1. The van der Waals surface area contributed by atoms with Crippen molar-refractivity contribution < 1.29 is 0 Å². The molecule has 4 nitrogen and oxygen atoms in total. The van der Waals surface area contributed by atoms with Crippen LogP contribution < -0.4 is 5.73 Å². The van der Waals surface area contributed by atoms with E-state index in [9.17, 15) is 0 Å². The van der Waals surface area contributed by atoms with Crippen molar-refractivity contribution >= 4 is 0 Å². The van der Waals surface area contributed by atoms with Gasteiger partial charge in [0.25, 0.3) is 0 Å².